The van der Waals surface area contributed by atoms with Crippen LogP contribution in [0.15, 0.2) is 66.1 Å². The third kappa shape index (κ3) is 4.06. The van der Waals surface area contributed by atoms with Gasteiger partial charge < -0.3 is 4.74 Å². The van der Waals surface area contributed by atoms with Gasteiger partial charge in [-0.05, 0) is 46.8 Å². The van der Waals surface area contributed by atoms with Crippen molar-refractivity contribution in [1.82, 2.24) is 9.80 Å². The zero-order chi connectivity index (χ0) is 20.3. The van der Waals surface area contributed by atoms with Gasteiger partial charge >= 0.3 is 0 Å². The number of benzene rings is 2. The summed E-state index contributed by atoms with van der Waals surface area (Å²) in [6.07, 6.45) is 4.45. The Morgan fingerprint density at radius 3 is 2.70 bits per heavy atom. The van der Waals surface area contributed by atoms with Crippen LogP contribution in [0, 0.1) is 5.82 Å². The van der Waals surface area contributed by atoms with E-state index in [9.17, 15) is 4.39 Å². The lowest BCUT2D eigenvalue weighted by Gasteiger charge is -2.39. The lowest BCUT2D eigenvalue weighted by Crippen LogP contribution is -2.47. The third-order valence-corrected chi connectivity index (χ3v) is 6.80. The monoisotopic (exact) mass is 420 g/mol. The molecular formula is C25H25FN2OS. The Morgan fingerprint density at radius 2 is 1.87 bits per heavy atom. The second-order valence-electron chi connectivity index (χ2n) is 7.83. The van der Waals surface area contributed by atoms with Crippen molar-refractivity contribution < 1.29 is 9.13 Å². The number of rotatable bonds is 4. The standard InChI is InChI=1S/C25H25FN2OS/c26-20-9-10-24-23(17-20)25(22-8-2-1-5-19(22)18-29-24)28-14-12-27(13-15-28)11-3-6-21-7-4-16-30-21/h1-10,16-17,25H,11-15,18H2. The smallest absolute Gasteiger partial charge is 0.125 e. The van der Waals surface area contributed by atoms with E-state index in [2.05, 4.69) is 57.7 Å². The van der Waals surface area contributed by atoms with Crippen LogP contribution in [0.3, 0.4) is 0 Å². The molecule has 154 valence electrons. The largest absolute Gasteiger partial charge is 0.489 e. The number of hydrogen-bond acceptors (Lipinski definition) is 4. The van der Waals surface area contributed by atoms with Gasteiger partial charge in [-0.2, -0.15) is 0 Å². The summed E-state index contributed by atoms with van der Waals surface area (Å²) in [4.78, 5) is 6.25. The van der Waals surface area contributed by atoms with Crippen molar-refractivity contribution in [1.29, 1.82) is 0 Å². The van der Waals surface area contributed by atoms with Crippen LogP contribution in [-0.2, 0) is 6.61 Å². The second-order valence-corrected chi connectivity index (χ2v) is 8.81. The lowest BCUT2D eigenvalue weighted by atomic mass is 9.93. The van der Waals surface area contributed by atoms with Gasteiger partial charge in [0.15, 0.2) is 0 Å². The highest BCUT2D eigenvalue weighted by Gasteiger charge is 2.31. The minimum absolute atomic E-state index is 0.0261. The summed E-state index contributed by atoms with van der Waals surface area (Å²) in [7, 11) is 0. The molecule has 5 heteroatoms. The maximum atomic E-state index is 14.2. The van der Waals surface area contributed by atoms with Crippen LogP contribution < -0.4 is 4.74 Å². The maximum Gasteiger partial charge on any atom is 0.125 e. The van der Waals surface area contributed by atoms with Gasteiger partial charge in [0.1, 0.15) is 18.2 Å². The van der Waals surface area contributed by atoms with Crippen molar-refractivity contribution in [3.05, 3.63) is 93.4 Å². The fraction of sp³-hybridized carbons (Fsp3) is 0.280. The first-order chi connectivity index (χ1) is 14.8. The molecule has 2 aromatic carbocycles. The van der Waals surface area contributed by atoms with Crippen LogP contribution in [0.2, 0.25) is 0 Å². The third-order valence-electron chi connectivity index (χ3n) is 5.96. The van der Waals surface area contributed by atoms with Crippen LogP contribution in [0.1, 0.15) is 27.6 Å². The highest BCUT2D eigenvalue weighted by Crippen LogP contribution is 2.40. The van der Waals surface area contributed by atoms with Gasteiger partial charge in [0, 0.05) is 43.2 Å². The molecule has 30 heavy (non-hydrogen) atoms. The van der Waals surface area contributed by atoms with E-state index in [1.54, 1.807) is 23.5 Å². The lowest BCUT2D eigenvalue weighted by molar-refractivity contribution is 0.117. The SMILES string of the molecule is Fc1ccc2c(c1)C(N1CCN(CC=Cc3cccs3)CC1)c1ccccc1CO2. The number of fused-ring (bicyclic) bond motifs is 2. The van der Waals surface area contributed by atoms with E-state index in [0.29, 0.717) is 6.61 Å². The minimum Gasteiger partial charge on any atom is -0.489 e. The van der Waals surface area contributed by atoms with Crippen LogP contribution in [0.4, 0.5) is 4.39 Å². The second kappa shape index (κ2) is 8.72. The Labute approximate surface area is 181 Å². The van der Waals surface area contributed by atoms with E-state index < -0.39 is 0 Å². The van der Waals surface area contributed by atoms with Gasteiger partial charge in [0.05, 0.1) is 6.04 Å². The molecule has 0 N–H and O–H groups in total. The summed E-state index contributed by atoms with van der Waals surface area (Å²) in [6.45, 7) is 5.38. The van der Waals surface area contributed by atoms with Crippen molar-refractivity contribution in [3.63, 3.8) is 0 Å². The molecule has 2 aliphatic rings. The number of halogens is 1. The molecule has 2 aliphatic heterocycles. The van der Waals surface area contributed by atoms with Crippen molar-refractivity contribution in [2.24, 2.45) is 0 Å². The zero-order valence-electron chi connectivity index (χ0n) is 16.8. The summed E-state index contributed by atoms with van der Waals surface area (Å²) in [5.74, 6) is 0.581. The Hall–Kier alpha value is -2.47. The van der Waals surface area contributed by atoms with Crippen molar-refractivity contribution in [2.45, 2.75) is 12.6 Å². The van der Waals surface area contributed by atoms with Crippen molar-refractivity contribution in [3.8, 4) is 5.75 Å². The first kappa shape index (κ1) is 19.5. The molecule has 1 unspecified atom stereocenters. The molecule has 1 fully saturated rings. The highest BCUT2D eigenvalue weighted by atomic mass is 32.1. The summed E-state index contributed by atoms with van der Waals surface area (Å²) >= 11 is 1.76. The molecule has 0 saturated carbocycles. The Balaban J connectivity index is 1.35. The van der Waals surface area contributed by atoms with Crippen molar-refractivity contribution in [2.75, 3.05) is 32.7 Å². The quantitative estimate of drug-likeness (QED) is 0.577. The molecule has 1 saturated heterocycles. The molecular weight excluding hydrogens is 395 g/mol. The summed E-state index contributed by atoms with van der Waals surface area (Å²) in [5, 5.41) is 2.10. The number of nitrogens with zero attached hydrogens (tertiary/aromatic N) is 2. The summed E-state index contributed by atoms with van der Waals surface area (Å²) < 4.78 is 20.2. The molecule has 3 heterocycles. The zero-order valence-corrected chi connectivity index (χ0v) is 17.7. The Kier molecular flexibility index (Phi) is 5.67. The fourth-order valence-electron chi connectivity index (χ4n) is 4.42. The van der Waals surface area contributed by atoms with Crippen LogP contribution in [0.5, 0.6) is 5.75 Å². The molecule has 0 radical (unpaired) electrons. The van der Waals surface area contributed by atoms with Gasteiger partial charge in [-0.15, -0.1) is 11.3 Å². The van der Waals surface area contributed by atoms with Crippen LogP contribution in [0.25, 0.3) is 6.08 Å². The normalized spacial score (nSPS) is 19.8. The fourth-order valence-corrected chi connectivity index (χ4v) is 5.07. The molecule has 3 nitrogen and oxygen atoms in total. The Morgan fingerprint density at radius 1 is 1.00 bits per heavy atom. The first-order valence-corrected chi connectivity index (χ1v) is 11.3. The average molecular weight is 421 g/mol. The van der Waals surface area contributed by atoms with E-state index in [1.807, 2.05) is 6.07 Å². The number of piperazine rings is 1. The Bertz CT molecular complexity index is 1030. The molecule has 3 aromatic rings. The van der Waals surface area contributed by atoms with E-state index in [0.717, 1.165) is 44.0 Å². The van der Waals surface area contributed by atoms with Gasteiger partial charge in [-0.3, -0.25) is 9.80 Å². The number of ether oxygens (including phenoxy) is 1. The van der Waals surface area contributed by atoms with Gasteiger partial charge in [-0.1, -0.05) is 36.4 Å². The molecule has 0 aliphatic carbocycles. The number of hydrogen-bond donors (Lipinski definition) is 0. The maximum absolute atomic E-state index is 14.2. The average Bonchev–Trinajstić information content (AvgIpc) is 3.23. The highest BCUT2D eigenvalue weighted by molar-refractivity contribution is 7.10. The first-order valence-electron chi connectivity index (χ1n) is 10.4. The topological polar surface area (TPSA) is 15.7 Å². The van der Waals surface area contributed by atoms with Gasteiger partial charge in [0.25, 0.3) is 0 Å². The van der Waals surface area contributed by atoms with E-state index in [4.69, 9.17) is 4.74 Å². The van der Waals surface area contributed by atoms with Crippen LogP contribution in [-0.4, -0.2) is 42.5 Å². The van der Waals surface area contributed by atoms with Gasteiger partial charge in [0.2, 0.25) is 0 Å². The van der Waals surface area contributed by atoms with E-state index in [1.165, 1.54) is 22.1 Å². The molecule has 5 rings (SSSR count). The van der Waals surface area contributed by atoms with E-state index in [-0.39, 0.29) is 11.9 Å². The van der Waals surface area contributed by atoms with Crippen LogP contribution >= 0.6 is 11.3 Å². The minimum atomic E-state index is -0.209. The molecule has 0 spiro atoms. The predicted octanol–water partition coefficient (Wildman–Crippen LogP) is 5.20. The molecule has 1 aromatic heterocycles. The van der Waals surface area contributed by atoms with E-state index >= 15 is 0 Å². The summed E-state index contributed by atoms with van der Waals surface area (Å²) in [6, 6.07) is 17.6. The van der Waals surface area contributed by atoms with Crippen molar-refractivity contribution >= 4 is 17.4 Å². The summed E-state index contributed by atoms with van der Waals surface area (Å²) in [5.41, 5.74) is 3.35. The van der Waals surface area contributed by atoms with Gasteiger partial charge in [-0.25, -0.2) is 4.39 Å². The molecule has 1 atom stereocenters. The molecule has 0 amide bonds. The predicted molar refractivity (Wildman–Crippen MR) is 120 cm³/mol. The molecule has 0 bridgehead atoms. The number of thiophene rings is 1.